The summed E-state index contributed by atoms with van der Waals surface area (Å²) in [7, 11) is 0. The van der Waals surface area contributed by atoms with Crippen LogP contribution < -0.4 is 4.80 Å². The zero-order valence-corrected chi connectivity index (χ0v) is 18.1. The van der Waals surface area contributed by atoms with Crippen molar-refractivity contribution in [1.29, 1.82) is 0 Å². The van der Waals surface area contributed by atoms with Crippen molar-refractivity contribution >= 4 is 39.2 Å². The van der Waals surface area contributed by atoms with Gasteiger partial charge in [-0.15, -0.1) is 11.8 Å². The Balaban J connectivity index is 1.78. The Bertz CT molecular complexity index is 1020. The summed E-state index contributed by atoms with van der Waals surface area (Å²) in [6.07, 6.45) is 1.35. The van der Waals surface area contributed by atoms with Crippen LogP contribution in [0, 0.1) is 5.82 Å². The van der Waals surface area contributed by atoms with E-state index in [9.17, 15) is 9.18 Å². The Hall–Kier alpha value is -1.92. The number of hydrogen-bond acceptors (Lipinski definition) is 3. The van der Waals surface area contributed by atoms with Gasteiger partial charge >= 0.3 is 0 Å². The first-order chi connectivity index (χ1) is 13.5. The topological polar surface area (TPSA) is 34.4 Å². The number of aromatic nitrogens is 1. The largest absolute Gasteiger partial charge is 0.316 e. The molecule has 3 rings (SSSR count). The van der Waals surface area contributed by atoms with E-state index in [1.807, 2.05) is 0 Å². The van der Waals surface area contributed by atoms with Gasteiger partial charge in [-0.05, 0) is 54.3 Å². The van der Waals surface area contributed by atoms with Crippen LogP contribution in [0.4, 0.5) is 4.39 Å². The molecule has 0 fully saturated rings. The fourth-order valence-corrected chi connectivity index (χ4v) is 4.89. The molecule has 0 saturated heterocycles. The highest BCUT2D eigenvalue weighted by atomic mass is 32.2. The fourth-order valence-electron chi connectivity index (χ4n) is 2.92. The number of rotatable bonds is 7. The van der Waals surface area contributed by atoms with E-state index in [0.29, 0.717) is 18.1 Å². The minimum absolute atomic E-state index is 0.116. The summed E-state index contributed by atoms with van der Waals surface area (Å²) in [5, 5.41) is 0. The third-order valence-electron chi connectivity index (χ3n) is 4.44. The van der Waals surface area contributed by atoms with E-state index in [1.165, 1.54) is 22.4 Å². The fraction of sp³-hybridized carbons (Fsp3) is 0.364. The molecule has 1 heterocycles. The van der Waals surface area contributed by atoms with Crippen molar-refractivity contribution in [2.45, 2.75) is 51.0 Å². The van der Waals surface area contributed by atoms with E-state index >= 15 is 0 Å². The number of thioether (sulfide) groups is 1. The van der Waals surface area contributed by atoms with E-state index in [-0.39, 0.29) is 11.7 Å². The molecule has 3 nitrogen and oxygen atoms in total. The summed E-state index contributed by atoms with van der Waals surface area (Å²) >= 11 is 3.12. The van der Waals surface area contributed by atoms with Gasteiger partial charge in [0, 0.05) is 23.6 Å². The van der Waals surface area contributed by atoms with Gasteiger partial charge in [0.05, 0.1) is 10.2 Å². The minimum Gasteiger partial charge on any atom is -0.316 e. The molecule has 0 aliphatic rings. The molecule has 0 bridgehead atoms. The van der Waals surface area contributed by atoms with Crippen molar-refractivity contribution in [2.75, 3.05) is 5.75 Å². The Kier molecular flexibility index (Phi) is 7.08. The van der Waals surface area contributed by atoms with Crippen LogP contribution in [0.15, 0.2) is 52.4 Å². The summed E-state index contributed by atoms with van der Waals surface area (Å²) < 4.78 is 16.3. The molecule has 1 amide bonds. The van der Waals surface area contributed by atoms with E-state index in [1.54, 1.807) is 35.2 Å². The number of fused-ring (bicyclic) bond motifs is 1. The number of nitrogens with zero attached hydrogens (tertiary/aromatic N) is 2. The van der Waals surface area contributed by atoms with Gasteiger partial charge in [0.15, 0.2) is 4.80 Å². The van der Waals surface area contributed by atoms with Gasteiger partial charge in [0.1, 0.15) is 5.82 Å². The number of thiazole rings is 1. The van der Waals surface area contributed by atoms with Crippen LogP contribution in [0.3, 0.4) is 0 Å². The van der Waals surface area contributed by atoms with Crippen molar-refractivity contribution in [3.05, 3.63) is 58.6 Å². The summed E-state index contributed by atoms with van der Waals surface area (Å²) in [6, 6.07) is 12.9. The minimum atomic E-state index is -0.249. The van der Waals surface area contributed by atoms with Crippen LogP contribution in [0.5, 0.6) is 0 Å². The first-order valence-electron chi connectivity index (χ1n) is 9.57. The molecule has 3 aromatic rings. The molecule has 0 saturated carbocycles. The van der Waals surface area contributed by atoms with Gasteiger partial charge in [-0.3, -0.25) is 4.79 Å². The van der Waals surface area contributed by atoms with Gasteiger partial charge < -0.3 is 4.57 Å². The second kappa shape index (κ2) is 9.52. The molecule has 0 N–H and O–H groups in total. The summed E-state index contributed by atoms with van der Waals surface area (Å²) in [5.41, 5.74) is 2.44. The zero-order valence-electron chi connectivity index (χ0n) is 16.4. The first kappa shape index (κ1) is 20.8. The van der Waals surface area contributed by atoms with Crippen molar-refractivity contribution in [1.82, 2.24) is 4.57 Å². The third kappa shape index (κ3) is 5.11. The van der Waals surface area contributed by atoms with Crippen LogP contribution in [-0.4, -0.2) is 16.2 Å². The predicted molar refractivity (Wildman–Crippen MR) is 117 cm³/mol. The normalized spacial score (nSPS) is 12.2. The SMILES string of the molecule is CCCn1c(=NC(=O)CCSc2ccc(F)cc2)sc2cc(C(C)C)ccc21. The second-order valence-electron chi connectivity index (χ2n) is 6.98. The summed E-state index contributed by atoms with van der Waals surface area (Å²) in [6.45, 7) is 7.34. The number of aryl methyl sites for hydroxylation is 1. The Labute approximate surface area is 173 Å². The molecule has 2 aromatic carbocycles. The maximum atomic E-state index is 13.0. The molecule has 0 radical (unpaired) electrons. The highest BCUT2D eigenvalue weighted by Gasteiger charge is 2.10. The molecule has 0 aliphatic heterocycles. The Morgan fingerprint density at radius 1 is 1.21 bits per heavy atom. The van der Waals surface area contributed by atoms with E-state index < -0.39 is 0 Å². The molecular formula is C22H25FN2OS2. The maximum Gasteiger partial charge on any atom is 0.249 e. The molecular weight excluding hydrogens is 391 g/mol. The van der Waals surface area contributed by atoms with Crippen molar-refractivity contribution in [3.8, 4) is 0 Å². The van der Waals surface area contributed by atoms with Crippen LogP contribution in [-0.2, 0) is 11.3 Å². The lowest BCUT2D eigenvalue weighted by Crippen LogP contribution is -2.17. The van der Waals surface area contributed by atoms with Gasteiger partial charge in [-0.25, -0.2) is 4.39 Å². The van der Waals surface area contributed by atoms with Crippen molar-refractivity contribution in [2.24, 2.45) is 4.99 Å². The first-order valence-corrected chi connectivity index (χ1v) is 11.4. The van der Waals surface area contributed by atoms with Crippen LogP contribution in [0.25, 0.3) is 10.2 Å². The average molecular weight is 417 g/mol. The lowest BCUT2D eigenvalue weighted by Gasteiger charge is -2.06. The molecule has 0 atom stereocenters. The Morgan fingerprint density at radius 2 is 1.96 bits per heavy atom. The summed E-state index contributed by atoms with van der Waals surface area (Å²) in [4.78, 5) is 18.6. The maximum absolute atomic E-state index is 13.0. The van der Waals surface area contributed by atoms with Crippen molar-refractivity contribution < 1.29 is 9.18 Å². The third-order valence-corrected chi connectivity index (χ3v) is 6.49. The molecule has 28 heavy (non-hydrogen) atoms. The lowest BCUT2D eigenvalue weighted by molar-refractivity contribution is -0.117. The van der Waals surface area contributed by atoms with Crippen LogP contribution >= 0.6 is 23.1 Å². The van der Waals surface area contributed by atoms with Gasteiger partial charge in [0.25, 0.3) is 0 Å². The standard InChI is InChI=1S/C22H25FN2OS2/c1-4-12-25-19-10-5-16(15(2)3)14-20(19)28-22(25)24-21(26)11-13-27-18-8-6-17(23)7-9-18/h5-10,14-15H,4,11-13H2,1-3H3. The van der Waals surface area contributed by atoms with E-state index in [2.05, 4.69) is 48.5 Å². The number of hydrogen-bond donors (Lipinski definition) is 0. The Morgan fingerprint density at radius 3 is 2.64 bits per heavy atom. The summed E-state index contributed by atoms with van der Waals surface area (Å²) in [5.74, 6) is 0.734. The molecule has 0 aliphatic carbocycles. The molecule has 1 aromatic heterocycles. The second-order valence-corrected chi connectivity index (χ2v) is 9.15. The average Bonchev–Trinajstić information content (AvgIpc) is 3.00. The van der Waals surface area contributed by atoms with E-state index in [4.69, 9.17) is 0 Å². The lowest BCUT2D eigenvalue weighted by atomic mass is 10.0. The van der Waals surface area contributed by atoms with Gasteiger partial charge in [-0.2, -0.15) is 4.99 Å². The number of benzene rings is 2. The zero-order chi connectivity index (χ0) is 20.1. The highest BCUT2D eigenvalue weighted by molar-refractivity contribution is 7.99. The number of carbonyl (C=O) groups is 1. The number of carbonyl (C=O) groups excluding carboxylic acids is 1. The number of halogens is 1. The number of amides is 1. The molecule has 0 unspecified atom stereocenters. The van der Waals surface area contributed by atoms with Crippen molar-refractivity contribution in [3.63, 3.8) is 0 Å². The smallest absolute Gasteiger partial charge is 0.249 e. The van der Waals surface area contributed by atoms with Crippen LogP contribution in [0.2, 0.25) is 0 Å². The van der Waals surface area contributed by atoms with Crippen LogP contribution in [0.1, 0.15) is 45.1 Å². The molecule has 148 valence electrons. The quantitative estimate of drug-likeness (QED) is 0.444. The molecule has 6 heteroatoms. The predicted octanol–water partition coefficient (Wildman–Crippen LogP) is 5.99. The molecule has 0 spiro atoms. The highest BCUT2D eigenvalue weighted by Crippen LogP contribution is 2.24. The monoisotopic (exact) mass is 416 g/mol. The van der Waals surface area contributed by atoms with Gasteiger partial charge in [-0.1, -0.05) is 38.2 Å². The van der Waals surface area contributed by atoms with E-state index in [0.717, 1.165) is 28.2 Å². The van der Waals surface area contributed by atoms with Gasteiger partial charge in [0.2, 0.25) is 5.91 Å².